The van der Waals surface area contributed by atoms with Gasteiger partial charge in [-0.2, -0.15) is 4.72 Å². The minimum absolute atomic E-state index is 0.00369. The maximum Gasteiger partial charge on any atom is 0.337 e. The number of rotatable bonds is 6. The van der Waals surface area contributed by atoms with Crippen LogP contribution < -0.4 is 4.72 Å². The number of ether oxygens (including phenoxy) is 1. The quantitative estimate of drug-likeness (QED) is 0.644. The highest BCUT2D eigenvalue weighted by atomic mass is 32.2. The maximum absolute atomic E-state index is 13.1. The van der Waals surface area contributed by atoms with Crippen molar-refractivity contribution in [3.8, 4) is 0 Å². The number of hydrogen-bond donors (Lipinski definition) is 1. The van der Waals surface area contributed by atoms with E-state index in [1.165, 1.54) is 31.4 Å². The van der Waals surface area contributed by atoms with Gasteiger partial charge in [0.1, 0.15) is 0 Å². The molecule has 144 valence electrons. The fraction of sp³-hybridized carbons (Fsp3) is 0.136. The van der Waals surface area contributed by atoms with Crippen molar-refractivity contribution in [1.82, 2.24) is 4.72 Å². The van der Waals surface area contributed by atoms with Crippen LogP contribution in [-0.4, -0.2) is 21.5 Å². The molecule has 0 aromatic heterocycles. The average Bonchev–Trinajstić information content (AvgIpc) is 2.72. The molecule has 0 amide bonds. The fourth-order valence-corrected chi connectivity index (χ4v) is 4.21. The fourth-order valence-electron chi connectivity index (χ4n) is 2.95. The lowest BCUT2D eigenvalue weighted by molar-refractivity contribution is 0.0600. The highest BCUT2D eigenvalue weighted by Gasteiger charge is 2.24. The lowest BCUT2D eigenvalue weighted by Crippen LogP contribution is -2.29. The molecule has 3 aromatic rings. The topological polar surface area (TPSA) is 72.5 Å². The molecule has 0 aliphatic heterocycles. The predicted molar refractivity (Wildman–Crippen MR) is 108 cm³/mol. The van der Waals surface area contributed by atoms with Gasteiger partial charge in [0.25, 0.3) is 0 Å². The third-order valence-electron chi connectivity index (χ3n) is 4.35. The standard InChI is InChI=1S/C22H21NO4S/c1-16-8-6-11-18(14-16)21(17-9-4-3-5-10-17)23-28(25,26)20-13-7-12-19(15-20)22(24)27-2/h3-15,21,23H,1-2H3/t21-/m1/s1. The van der Waals surface area contributed by atoms with Crippen LogP contribution in [0.4, 0.5) is 0 Å². The van der Waals surface area contributed by atoms with Crippen molar-refractivity contribution >= 4 is 16.0 Å². The molecule has 6 heteroatoms. The number of esters is 1. The van der Waals surface area contributed by atoms with Crippen molar-refractivity contribution in [3.05, 3.63) is 101 Å². The monoisotopic (exact) mass is 395 g/mol. The van der Waals surface area contributed by atoms with Crippen LogP contribution in [0.25, 0.3) is 0 Å². The van der Waals surface area contributed by atoms with E-state index >= 15 is 0 Å². The second-order valence-electron chi connectivity index (χ2n) is 6.40. The van der Waals surface area contributed by atoms with Crippen molar-refractivity contribution < 1.29 is 17.9 Å². The largest absolute Gasteiger partial charge is 0.465 e. The molecular formula is C22H21NO4S. The molecule has 3 rings (SSSR count). The third kappa shape index (κ3) is 4.47. The van der Waals surface area contributed by atoms with E-state index in [9.17, 15) is 13.2 Å². The summed E-state index contributed by atoms with van der Waals surface area (Å²) < 4.78 is 33.6. The first-order chi connectivity index (χ1) is 13.4. The molecule has 3 aromatic carbocycles. The Morgan fingerprint density at radius 3 is 2.25 bits per heavy atom. The van der Waals surface area contributed by atoms with Gasteiger partial charge < -0.3 is 4.74 Å². The minimum atomic E-state index is -3.89. The number of benzene rings is 3. The Hall–Kier alpha value is -2.96. The summed E-state index contributed by atoms with van der Waals surface area (Å²) in [7, 11) is -2.64. The number of methoxy groups -OCH3 is 1. The molecule has 5 nitrogen and oxygen atoms in total. The lowest BCUT2D eigenvalue weighted by Gasteiger charge is -2.20. The molecule has 0 saturated heterocycles. The van der Waals surface area contributed by atoms with Crippen molar-refractivity contribution in [2.45, 2.75) is 17.9 Å². The van der Waals surface area contributed by atoms with Crippen LogP contribution in [0.15, 0.2) is 83.8 Å². The first-order valence-corrected chi connectivity index (χ1v) is 10.2. The van der Waals surface area contributed by atoms with Gasteiger partial charge >= 0.3 is 5.97 Å². The maximum atomic E-state index is 13.1. The summed E-state index contributed by atoms with van der Waals surface area (Å²) in [6.45, 7) is 1.96. The van der Waals surface area contributed by atoms with Gasteiger partial charge in [0, 0.05) is 0 Å². The van der Waals surface area contributed by atoms with Gasteiger partial charge in [0.15, 0.2) is 0 Å². The Bertz CT molecular complexity index is 1080. The van der Waals surface area contributed by atoms with E-state index in [1.807, 2.05) is 61.5 Å². The van der Waals surface area contributed by atoms with Gasteiger partial charge in [-0.1, -0.05) is 66.2 Å². The molecule has 0 heterocycles. The summed E-state index contributed by atoms with van der Waals surface area (Å²) in [5.41, 5.74) is 2.86. The number of carbonyl (C=O) groups excluding carboxylic acids is 1. The number of hydrogen-bond acceptors (Lipinski definition) is 4. The van der Waals surface area contributed by atoms with Crippen molar-refractivity contribution in [2.75, 3.05) is 7.11 Å². The van der Waals surface area contributed by atoms with Crippen molar-refractivity contribution in [3.63, 3.8) is 0 Å². The number of aryl methyl sites for hydroxylation is 1. The van der Waals surface area contributed by atoms with Crippen LogP contribution in [0, 0.1) is 6.92 Å². The minimum Gasteiger partial charge on any atom is -0.465 e. The number of sulfonamides is 1. The molecule has 0 aliphatic rings. The molecule has 0 spiro atoms. The van der Waals surface area contributed by atoms with Crippen LogP contribution >= 0.6 is 0 Å². The molecule has 0 bridgehead atoms. The molecule has 0 fully saturated rings. The van der Waals surface area contributed by atoms with E-state index in [2.05, 4.69) is 9.46 Å². The Morgan fingerprint density at radius 2 is 1.57 bits per heavy atom. The first-order valence-electron chi connectivity index (χ1n) is 8.73. The van der Waals surface area contributed by atoms with Crippen LogP contribution in [0.3, 0.4) is 0 Å². The van der Waals surface area contributed by atoms with Gasteiger partial charge in [-0.3, -0.25) is 0 Å². The number of carbonyl (C=O) groups is 1. The van der Waals surface area contributed by atoms with Gasteiger partial charge in [-0.05, 0) is 36.2 Å². The zero-order chi connectivity index (χ0) is 20.1. The Morgan fingerprint density at radius 1 is 0.893 bits per heavy atom. The second kappa shape index (κ2) is 8.37. The van der Waals surface area contributed by atoms with E-state index in [4.69, 9.17) is 0 Å². The summed E-state index contributed by atoms with van der Waals surface area (Å²) in [6, 6.07) is 22.3. The van der Waals surface area contributed by atoms with Crippen LogP contribution in [0.5, 0.6) is 0 Å². The zero-order valence-electron chi connectivity index (χ0n) is 15.6. The molecule has 0 unspecified atom stereocenters. The number of nitrogens with one attached hydrogen (secondary N) is 1. The molecule has 28 heavy (non-hydrogen) atoms. The zero-order valence-corrected chi connectivity index (χ0v) is 16.4. The van der Waals surface area contributed by atoms with Crippen LogP contribution in [-0.2, 0) is 14.8 Å². The van der Waals surface area contributed by atoms with E-state index in [-0.39, 0.29) is 10.5 Å². The van der Waals surface area contributed by atoms with E-state index in [0.717, 1.165) is 16.7 Å². The van der Waals surface area contributed by atoms with Crippen LogP contribution in [0.1, 0.15) is 33.1 Å². The second-order valence-corrected chi connectivity index (χ2v) is 8.11. The third-order valence-corrected chi connectivity index (χ3v) is 5.77. The van der Waals surface area contributed by atoms with Gasteiger partial charge in [0.2, 0.25) is 10.0 Å². The van der Waals surface area contributed by atoms with Crippen molar-refractivity contribution in [1.29, 1.82) is 0 Å². The van der Waals surface area contributed by atoms with Crippen molar-refractivity contribution in [2.24, 2.45) is 0 Å². The normalized spacial score (nSPS) is 12.4. The average molecular weight is 395 g/mol. The summed E-state index contributed by atoms with van der Waals surface area (Å²) >= 11 is 0. The molecule has 1 N–H and O–H groups in total. The van der Waals surface area contributed by atoms with Crippen LogP contribution in [0.2, 0.25) is 0 Å². The predicted octanol–water partition coefficient (Wildman–Crippen LogP) is 3.85. The SMILES string of the molecule is COC(=O)c1cccc(S(=O)(=O)N[C@H](c2ccccc2)c2cccc(C)c2)c1. The smallest absolute Gasteiger partial charge is 0.337 e. The summed E-state index contributed by atoms with van der Waals surface area (Å²) in [5, 5.41) is 0. The highest BCUT2D eigenvalue weighted by Crippen LogP contribution is 2.25. The first kappa shape index (κ1) is 19.8. The van der Waals surface area contributed by atoms with Gasteiger partial charge in [0.05, 0.1) is 23.6 Å². The molecule has 0 saturated carbocycles. The van der Waals surface area contributed by atoms with Gasteiger partial charge in [-0.15, -0.1) is 0 Å². The van der Waals surface area contributed by atoms with E-state index < -0.39 is 22.0 Å². The Balaban J connectivity index is 2.02. The summed E-state index contributed by atoms with van der Waals surface area (Å²) in [6.07, 6.45) is 0. The molecule has 0 radical (unpaired) electrons. The Kier molecular flexibility index (Phi) is 5.92. The molecular weight excluding hydrogens is 374 g/mol. The van der Waals surface area contributed by atoms with E-state index in [1.54, 1.807) is 0 Å². The Labute approximate surface area is 165 Å². The lowest BCUT2D eigenvalue weighted by atomic mass is 9.98. The van der Waals surface area contributed by atoms with Gasteiger partial charge in [-0.25, -0.2) is 13.2 Å². The summed E-state index contributed by atoms with van der Waals surface area (Å²) in [5.74, 6) is -0.588. The summed E-state index contributed by atoms with van der Waals surface area (Å²) in [4.78, 5) is 11.8. The molecule has 1 atom stereocenters. The highest BCUT2D eigenvalue weighted by molar-refractivity contribution is 7.89. The molecule has 0 aliphatic carbocycles. The van der Waals surface area contributed by atoms with E-state index in [0.29, 0.717) is 0 Å².